The van der Waals surface area contributed by atoms with Gasteiger partial charge in [0.1, 0.15) is 11.5 Å². The maximum Gasteiger partial charge on any atom is 0.573 e. The lowest BCUT2D eigenvalue weighted by molar-refractivity contribution is -0.274. The summed E-state index contributed by atoms with van der Waals surface area (Å²) in [5.41, 5.74) is 0. The molecule has 26 heavy (non-hydrogen) atoms. The van der Waals surface area contributed by atoms with Gasteiger partial charge in [0.05, 0.1) is 6.61 Å². The molecule has 1 aromatic rings. The number of ether oxygens (including phenoxy) is 2. The average molecular weight is 372 g/mol. The van der Waals surface area contributed by atoms with Crippen LogP contribution in [0.15, 0.2) is 24.3 Å². The maximum atomic E-state index is 12.2. The van der Waals surface area contributed by atoms with Gasteiger partial charge in [-0.3, -0.25) is 0 Å². The molecule has 1 aliphatic rings. The standard InChI is InChI=1S/C21H31F3O2/c1-2-3-4-7-17-11-13-18(14-12-17)8-6-15-25-19-9-5-10-20(16-19)26-21(22,23)24/h5,9-10,16-18H,2-4,6-8,11-15H2,1H3. The molecule has 0 atom stereocenters. The van der Waals surface area contributed by atoms with E-state index in [-0.39, 0.29) is 5.75 Å². The van der Waals surface area contributed by atoms with Crippen LogP contribution in [0.25, 0.3) is 0 Å². The zero-order valence-electron chi connectivity index (χ0n) is 15.7. The highest BCUT2D eigenvalue weighted by molar-refractivity contribution is 5.33. The number of unbranched alkanes of at least 4 members (excludes halogenated alkanes) is 2. The van der Waals surface area contributed by atoms with Crippen molar-refractivity contribution in [3.63, 3.8) is 0 Å². The van der Waals surface area contributed by atoms with E-state index >= 15 is 0 Å². The summed E-state index contributed by atoms with van der Waals surface area (Å²) >= 11 is 0. The van der Waals surface area contributed by atoms with Gasteiger partial charge in [-0.25, -0.2) is 0 Å². The molecule has 0 aromatic heterocycles. The molecule has 0 N–H and O–H groups in total. The Morgan fingerprint density at radius 2 is 1.54 bits per heavy atom. The first-order chi connectivity index (χ1) is 12.5. The van der Waals surface area contributed by atoms with Crippen molar-refractivity contribution in [2.75, 3.05) is 6.61 Å². The second kappa shape index (κ2) is 10.7. The molecular weight excluding hydrogens is 341 g/mol. The van der Waals surface area contributed by atoms with Gasteiger partial charge in [-0.2, -0.15) is 0 Å². The normalized spacial score (nSPS) is 20.8. The Hall–Kier alpha value is -1.39. The molecule has 0 radical (unpaired) electrons. The van der Waals surface area contributed by atoms with E-state index in [2.05, 4.69) is 11.7 Å². The van der Waals surface area contributed by atoms with Gasteiger partial charge in [-0.05, 0) is 36.8 Å². The number of alkyl halides is 3. The smallest absolute Gasteiger partial charge is 0.493 e. The van der Waals surface area contributed by atoms with Gasteiger partial charge in [0.15, 0.2) is 0 Å². The zero-order valence-corrected chi connectivity index (χ0v) is 15.7. The van der Waals surface area contributed by atoms with Crippen LogP contribution >= 0.6 is 0 Å². The molecule has 0 aliphatic heterocycles. The number of benzene rings is 1. The predicted octanol–water partition coefficient (Wildman–Crippen LogP) is 7.13. The maximum absolute atomic E-state index is 12.2. The molecule has 0 heterocycles. The predicted molar refractivity (Wildman–Crippen MR) is 97.4 cm³/mol. The van der Waals surface area contributed by atoms with Crippen molar-refractivity contribution >= 4 is 0 Å². The van der Waals surface area contributed by atoms with Crippen LogP contribution in [0.3, 0.4) is 0 Å². The third kappa shape index (κ3) is 8.33. The van der Waals surface area contributed by atoms with Crippen LogP contribution in [0.4, 0.5) is 13.2 Å². The third-order valence-corrected chi connectivity index (χ3v) is 5.25. The van der Waals surface area contributed by atoms with Gasteiger partial charge in [-0.15, -0.1) is 13.2 Å². The zero-order chi connectivity index (χ0) is 18.8. The Balaban J connectivity index is 1.60. The summed E-state index contributed by atoms with van der Waals surface area (Å²) in [7, 11) is 0. The summed E-state index contributed by atoms with van der Waals surface area (Å²) in [6.45, 7) is 2.78. The molecule has 5 heteroatoms. The lowest BCUT2D eigenvalue weighted by Crippen LogP contribution is -2.17. The number of hydrogen-bond acceptors (Lipinski definition) is 2. The van der Waals surface area contributed by atoms with Gasteiger partial charge in [0.2, 0.25) is 0 Å². The summed E-state index contributed by atoms with van der Waals surface area (Å²) in [6, 6.07) is 5.73. The van der Waals surface area contributed by atoms with Crippen molar-refractivity contribution in [2.45, 2.75) is 77.5 Å². The molecule has 2 rings (SSSR count). The van der Waals surface area contributed by atoms with Crippen LogP contribution < -0.4 is 9.47 Å². The molecule has 1 fully saturated rings. The molecule has 2 nitrogen and oxygen atoms in total. The lowest BCUT2D eigenvalue weighted by Gasteiger charge is -2.28. The van der Waals surface area contributed by atoms with E-state index in [0.29, 0.717) is 12.4 Å². The van der Waals surface area contributed by atoms with Crippen molar-refractivity contribution < 1.29 is 22.6 Å². The van der Waals surface area contributed by atoms with E-state index in [4.69, 9.17) is 4.74 Å². The highest BCUT2D eigenvalue weighted by Gasteiger charge is 2.31. The number of halogens is 3. The first-order valence-corrected chi connectivity index (χ1v) is 9.95. The van der Waals surface area contributed by atoms with Crippen LogP contribution in [-0.2, 0) is 0 Å². The van der Waals surface area contributed by atoms with Crippen LogP contribution in [0.5, 0.6) is 11.5 Å². The molecular formula is C21H31F3O2. The SMILES string of the molecule is CCCCCC1CCC(CCCOc2cccc(OC(F)(F)F)c2)CC1. The molecule has 0 spiro atoms. The van der Waals surface area contributed by atoms with E-state index in [1.54, 1.807) is 6.07 Å². The number of hydrogen-bond donors (Lipinski definition) is 0. The molecule has 0 saturated heterocycles. The monoisotopic (exact) mass is 372 g/mol. The van der Waals surface area contributed by atoms with Crippen molar-refractivity contribution in [3.8, 4) is 11.5 Å². The van der Waals surface area contributed by atoms with Crippen LogP contribution in [0.2, 0.25) is 0 Å². The van der Waals surface area contributed by atoms with Gasteiger partial charge >= 0.3 is 6.36 Å². The fourth-order valence-corrected chi connectivity index (χ4v) is 3.81. The Bertz CT molecular complexity index is 508. The summed E-state index contributed by atoms with van der Waals surface area (Å²) in [5, 5.41) is 0. The molecule has 1 saturated carbocycles. The van der Waals surface area contributed by atoms with Gasteiger partial charge < -0.3 is 9.47 Å². The van der Waals surface area contributed by atoms with Crippen LogP contribution in [0.1, 0.15) is 71.1 Å². The van der Waals surface area contributed by atoms with Crippen molar-refractivity contribution in [2.24, 2.45) is 11.8 Å². The Labute approximate surface area is 155 Å². The van der Waals surface area contributed by atoms with E-state index in [0.717, 1.165) is 24.7 Å². The van der Waals surface area contributed by atoms with Crippen LogP contribution in [0, 0.1) is 11.8 Å². The van der Waals surface area contributed by atoms with E-state index in [1.807, 2.05) is 0 Å². The summed E-state index contributed by atoms with van der Waals surface area (Å²) < 4.78 is 46.2. The Morgan fingerprint density at radius 3 is 2.15 bits per heavy atom. The first kappa shape index (κ1) is 20.9. The second-order valence-electron chi connectivity index (χ2n) is 7.40. The van der Waals surface area contributed by atoms with Gasteiger partial charge in [0.25, 0.3) is 0 Å². The number of rotatable bonds is 10. The van der Waals surface area contributed by atoms with Crippen LogP contribution in [-0.4, -0.2) is 13.0 Å². The molecule has 0 bridgehead atoms. The third-order valence-electron chi connectivity index (χ3n) is 5.25. The second-order valence-corrected chi connectivity index (χ2v) is 7.40. The van der Waals surface area contributed by atoms with Crippen molar-refractivity contribution in [3.05, 3.63) is 24.3 Å². The molecule has 148 valence electrons. The minimum atomic E-state index is -4.67. The van der Waals surface area contributed by atoms with E-state index in [9.17, 15) is 13.2 Å². The minimum Gasteiger partial charge on any atom is -0.493 e. The van der Waals surface area contributed by atoms with Crippen molar-refractivity contribution in [1.82, 2.24) is 0 Å². The van der Waals surface area contributed by atoms with E-state index < -0.39 is 6.36 Å². The largest absolute Gasteiger partial charge is 0.573 e. The average Bonchev–Trinajstić information content (AvgIpc) is 2.59. The summed E-state index contributed by atoms with van der Waals surface area (Å²) in [5.74, 6) is 1.88. The molecule has 1 aromatic carbocycles. The summed E-state index contributed by atoms with van der Waals surface area (Å²) in [4.78, 5) is 0. The minimum absolute atomic E-state index is 0.239. The molecule has 0 unspecified atom stereocenters. The Kier molecular flexibility index (Phi) is 8.60. The topological polar surface area (TPSA) is 18.5 Å². The molecule has 0 amide bonds. The first-order valence-electron chi connectivity index (χ1n) is 9.95. The highest BCUT2D eigenvalue weighted by atomic mass is 19.4. The fraction of sp³-hybridized carbons (Fsp3) is 0.714. The Morgan fingerprint density at radius 1 is 0.923 bits per heavy atom. The van der Waals surface area contributed by atoms with Gasteiger partial charge in [0, 0.05) is 6.07 Å². The van der Waals surface area contributed by atoms with Crippen molar-refractivity contribution in [1.29, 1.82) is 0 Å². The highest BCUT2D eigenvalue weighted by Crippen LogP contribution is 2.34. The summed E-state index contributed by atoms with van der Waals surface area (Å²) in [6.07, 6.45) is 8.14. The van der Waals surface area contributed by atoms with E-state index in [1.165, 1.54) is 69.6 Å². The lowest BCUT2D eigenvalue weighted by atomic mass is 9.78. The quantitative estimate of drug-likeness (QED) is 0.407. The fourth-order valence-electron chi connectivity index (χ4n) is 3.81. The van der Waals surface area contributed by atoms with Gasteiger partial charge in [-0.1, -0.05) is 64.4 Å². The molecule has 1 aliphatic carbocycles.